The molecule has 0 aliphatic heterocycles. The van der Waals surface area contributed by atoms with Crippen LogP contribution in [0.2, 0.25) is 0 Å². The van der Waals surface area contributed by atoms with Crippen molar-refractivity contribution in [1.82, 2.24) is 15.1 Å². The lowest BCUT2D eigenvalue weighted by molar-refractivity contribution is -0.137. The van der Waals surface area contributed by atoms with Gasteiger partial charge in [-0.3, -0.25) is 14.3 Å². The number of hydrogen-bond donors (Lipinski definition) is 2. The molecule has 0 aromatic carbocycles. The molecular formula is C11H17N3O3. The standard InChI is InChI=1S/C11H17N3O3/c15-10(4-1-2-5-11(16)17)12-7-9-14-8-3-6-13-14/h3,6,8H,1-2,4-5,7,9H2,(H,12,15)(H,16,17). The lowest BCUT2D eigenvalue weighted by atomic mass is 10.2. The molecule has 0 radical (unpaired) electrons. The van der Waals surface area contributed by atoms with Gasteiger partial charge >= 0.3 is 5.97 Å². The van der Waals surface area contributed by atoms with Crippen molar-refractivity contribution in [2.45, 2.75) is 32.2 Å². The summed E-state index contributed by atoms with van der Waals surface area (Å²) >= 11 is 0. The van der Waals surface area contributed by atoms with E-state index in [1.807, 2.05) is 12.3 Å². The van der Waals surface area contributed by atoms with Gasteiger partial charge in [0.1, 0.15) is 0 Å². The van der Waals surface area contributed by atoms with Crippen molar-refractivity contribution in [3.63, 3.8) is 0 Å². The van der Waals surface area contributed by atoms with Gasteiger partial charge < -0.3 is 10.4 Å². The summed E-state index contributed by atoms with van der Waals surface area (Å²) in [7, 11) is 0. The van der Waals surface area contributed by atoms with Crippen molar-refractivity contribution >= 4 is 11.9 Å². The molecule has 0 bridgehead atoms. The number of aromatic nitrogens is 2. The van der Waals surface area contributed by atoms with E-state index in [9.17, 15) is 9.59 Å². The average Bonchev–Trinajstić information content (AvgIpc) is 2.77. The summed E-state index contributed by atoms with van der Waals surface area (Å²) in [6.07, 6.45) is 5.18. The Balaban J connectivity index is 1.99. The van der Waals surface area contributed by atoms with Crippen LogP contribution in [0.15, 0.2) is 18.5 Å². The molecule has 6 nitrogen and oxygen atoms in total. The molecule has 0 saturated heterocycles. The van der Waals surface area contributed by atoms with E-state index < -0.39 is 5.97 Å². The zero-order chi connectivity index (χ0) is 12.5. The van der Waals surface area contributed by atoms with Crippen LogP contribution in [0.3, 0.4) is 0 Å². The molecule has 1 aromatic rings. The largest absolute Gasteiger partial charge is 0.481 e. The maximum absolute atomic E-state index is 11.3. The first-order valence-corrected chi connectivity index (χ1v) is 5.64. The minimum Gasteiger partial charge on any atom is -0.481 e. The number of aliphatic carboxylic acids is 1. The summed E-state index contributed by atoms with van der Waals surface area (Å²) in [6, 6.07) is 1.83. The predicted octanol–water partition coefficient (Wildman–Crippen LogP) is 0.644. The Morgan fingerprint density at radius 1 is 1.29 bits per heavy atom. The van der Waals surface area contributed by atoms with Crippen LogP contribution in [0.1, 0.15) is 25.7 Å². The van der Waals surface area contributed by atoms with Crippen molar-refractivity contribution in [3.05, 3.63) is 18.5 Å². The zero-order valence-corrected chi connectivity index (χ0v) is 9.63. The van der Waals surface area contributed by atoms with E-state index in [4.69, 9.17) is 5.11 Å². The van der Waals surface area contributed by atoms with Gasteiger partial charge in [-0.05, 0) is 18.9 Å². The van der Waals surface area contributed by atoms with Crippen LogP contribution < -0.4 is 5.32 Å². The van der Waals surface area contributed by atoms with Gasteiger partial charge in [-0.1, -0.05) is 0 Å². The summed E-state index contributed by atoms with van der Waals surface area (Å²) in [5.74, 6) is -0.855. The van der Waals surface area contributed by atoms with Gasteiger partial charge in [-0.25, -0.2) is 0 Å². The second-order valence-corrected chi connectivity index (χ2v) is 3.72. The summed E-state index contributed by atoms with van der Waals surface area (Å²) in [4.78, 5) is 21.6. The Morgan fingerprint density at radius 3 is 2.71 bits per heavy atom. The van der Waals surface area contributed by atoms with E-state index in [0.717, 1.165) is 0 Å². The maximum atomic E-state index is 11.3. The molecular weight excluding hydrogens is 222 g/mol. The fraction of sp³-hybridized carbons (Fsp3) is 0.545. The van der Waals surface area contributed by atoms with Crippen LogP contribution in [0.4, 0.5) is 0 Å². The van der Waals surface area contributed by atoms with Gasteiger partial charge in [0.15, 0.2) is 0 Å². The number of carbonyl (C=O) groups is 2. The highest BCUT2D eigenvalue weighted by molar-refractivity contribution is 5.75. The van der Waals surface area contributed by atoms with Crippen molar-refractivity contribution < 1.29 is 14.7 Å². The zero-order valence-electron chi connectivity index (χ0n) is 9.63. The lowest BCUT2D eigenvalue weighted by Crippen LogP contribution is -2.27. The second kappa shape index (κ2) is 7.43. The minimum absolute atomic E-state index is 0.0393. The Labute approximate surface area is 99.6 Å². The van der Waals surface area contributed by atoms with E-state index in [2.05, 4.69) is 10.4 Å². The SMILES string of the molecule is O=C(O)CCCCC(=O)NCCn1cccn1. The van der Waals surface area contributed by atoms with E-state index in [1.54, 1.807) is 10.9 Å². The number of amides is 1. The fourth-order valence-electron chi connectivity index (χ4n) is 1.39. The molecule has 1 aromatic heterocycles. The normalized spacial score (nSPS) is 10.1. The molecule has 0 aliphatic rings. The highest BCUT2D eigenvalue weighted by Crippen LogP contribution is 1.99. The number of unbranched alkanes of at least 4 members (excludes halogenated alkanes) is 1. The third-order valence-corrected chi connectivity index (χ3v) is 2.27. The molecule has 0 spiro atoms. The number of hydrogen-bond acceptors (Lipinski definition) is 3. The third-order valence-electron chi connectivity index (χ3n) is 2.27. The van der Waals surface area contributed by atoms with E-state index >= 15 is 0 Å². The Morgan fingerprint density at radius 2 is 2.06 bits per heavy atom. The molecule has 0 atom stereocenters. The molecule has 6 heteroatoms. The van der Waals surface area contributed by atoms with E-state index in [1.165, 1.54) is 0 Å². The second-order valence-electron chi connectivity index (χ2n) is 3.72. The lowest BCUT2D eigenvalue weighted by Gasteiger charge is -2.04. The predicted molar refractivity (Wildman–Crippen MR) is 61.3 cm³/mol. The van der Waals surface area contributed by atoms with Crippen LogP contribution in [-0.4, -0.2) is 33.3 Å². The molecule has 0 saturated carbocycles. The highest BCUT2D eigenvalue weighted by atomic mass is 16.4. The highest BCUT2D eigenvalue weighted by Gasteiger charge is 2.02. The van der Waals surface area contributed by atoms with E-state index in [-0.39, 0.29) is 12.3 Å². The average molecular weight is 239 g/mol. The minimum atomic E-state index is -0.816. The van der Waals surface area contributed by atoms with Crippen molar-refractivity contribution in [2.75, 3.05) is 6.54 Å². The van der Waals surface area contributed by atoms with Crippen LogP contribution in [0.25, 0.3) is 0 Å². The van der Waals surface area contributed by atoms with Crippen LogP contribution in [0, 0.1) is 0 Å². The van der Waals surface area contributed by atoms with Gasteiger partial charge in [0, 0.05) is 31.8 Å². The number of carbonyl (C=O) groups excluding carboxylic acids is 1. The summed E-state index contributed by atoms with van der Waals surface area (Å²) in [6.45, 7) is 1.19. The van der Waals surface area contributed by atoms with Crippen LogP contribution in [0.5, 0.6) is 0 Å². The molecule has 94 valence electrons. The number of rotatable bonds is 8. The molecule has 0 aliphatic carbocycles. The molecule has 1 heterocycles. The Kier molecular flexibility index (Phi) is 5.77. The first-order valence-electron chi connectivity index (χ1n) is 5.64. The topological polar surface area (TPSA) is 84.2 Å². The molecule has 1 rings (SSSR count). The van der Waals surface area contributed by atoms with Crippen LogP contribution >= 0.6 is 0 Å². The number of nitrogens with zero attached hydrogens (tertiary/aromatic N) is 2. The van der Waals surface area contributed by atoms with Gasteiger partial charge in [0.25, 0.3) is 0 Å². The smallest absolute Gasteiger partial charge is 0.303 e. The molecule has 0 unspecified atom stereocenters. The Bertz CT molecular complexity index is 349. The van der Waals surface area contributed by atoms with Crippen molar-refractivity contribution in [3.8, 4) is 0 Å². The third kappa shape index (κ3) is 6.34. The first kappa shape index (κ1) is 13.2. The van der Waals surface area contributed by atoms with Gasteiger partial charge in [-0.2, -0.15) is 5.10 Å². The molecule has 2 N–H and O–H groups in total. The van der Waals surface area contributed by atoms with Gasteiger partial charge in [-0.15, -0.1) is 0 Å². The Hall–Kier alpha value is -1.85. The maximum Gasteiger partial charge on any atom is 0.303 e. The number of nitrogens with one attached hydrogen (secondary N) is 1. The first-order chi connectivity index (χ1) is 8.18. The number of carboxylic acids is 1. The quantitative estimate of drug-likeness (QED) is 0.652. The molecule has 0 fully saturated rings. The molecule has 17 heavy (non-hydrogen) atoms. The van der Waals surface area contributed by atoms with Crippen LogP contribution in [-0.2, 0) is 16.1 Å². The molecule has 1 amide bonds. The summed E-state index contributed by atoms with van der Waals surface area (Å²) < 4.78 is 1.74. The van der Waals surface area contributed by atoms with E-state index in [0.29, 0.717) is 32.4 Å². The monoisotopic (exact) mass is 239 g/mol. The summed E-state index contributed by atoms with van der Waals surface area (Å²) in [5, 5.41) is 15.2. The fourth-order valence-corrected chi connectivity index (χ4v) is 1.39. The number of carboxylic acid groups (broad SMARTS) is 1. The summed E-state index contributed by atoms with van der Waals surface area (Å²) in [5.41, 5.74) is 0. The van der Waals surface area contributed by atoms with Gasteiger partial charge in [0.05, 0.1) is 6.54 Å². The van der Waals surface area contributed by atoms with Crippen molar-refractivity contribution in [1.29, 1.82) is 0 Å². The van der Waals surface area contributed by atoms with Gasteiger partial charge in [0.2, 0.25) is 5.91 Å². The van der Waals surface area contributed by atoms with Crippen molar-refractivity contribution in [2.24, 2.45) is 0 Å².